The van der Waals surface area contributed by atoms with Crippen LogP contribution in [0.1, 0.15) is 19.3 Å². The van der Waals surface area contributed by atoms with E-state index in [-0.39, 0.29) is 0 Å². The van der Waals surface area contributed by atoms with Crippen molar-refractivity contribution < 1.29 is 14.6 Å². The van der Waals surface area contributed by atoms with Crippen LogP contribution in [0.3, 0.4) is 0 Å². The first kappa shape index (κ1) is 12.4. The van der Waals surface area contributed by atoms with E-state index in [0.717, 1.165) is 19.6 Å². The Morgan fingerprint density at radius 3 is 2.78 bits per heavy atom. The number of ether oxygens (including phenoxy) is 1. The zero-order valence-corrected chi connectivity index (χ0v) is 10.8. The summed E-state index contributed by atoms with van der Waals surface area (Å²) in [5.74, 6) is -0.695. The number of carboxylic acids is 1. The summed E-state index contributed by atoms with van der Waals surface area (Å²) in [5, 5.41) is 9.33. The van der Waals surface area contributed by atoms with E-state index in [1.54, 1.807) is 0 Å². The van der Waals surface area contributed by atoms with Crippen molar-refractivity contribution in [1.82, 2.24) is 9.80 Å². The fourth-order valence-corrected chi connectivity index (χ4v) is 3.42. The van der Waals surface area contributed by atoms with E-state index in [1.165, 1.54) is 25.8 Å². The summed E-state index contributed by atoms with van der Waals surface area (Å²) in [6.07, 6.45) is 3.92. The lowest BCUT2D eigenvalue weighted by Crippen LogP contribution is -2.61. The van der Waals surface area contributed by atoms with Gasteiger partial charge in [-0.1, -0.05) is 6.42 Å². The Morgan fingerprint density at radius 2 is 2.11 bits per heavy atom. The summed E-state index contributed by atoms with van der Waals surface area (Å²) in [6, 6.07) is 0.652. The van der Waals surface area contributed by atoms with E-state index in [4.69, 9.17) is 4.74 Å². The molecular weight excluding hydrogens is 232 g/mol. The van der Waals surface area contributed by atoms with Crippen molar-refractivity contribution in [3.8, 4) is 0 Å². The molecule has 3 rings (SSSR count). The van der Waals surface area contributed by atoms with Crippen molar-refractivity contribution in [2.24, 2.45) is 5.41 Å². The molecular formula is C13H22N2O3. The second-order valence-corrected chi connectivity index (χ2v) is 6.00. The first-order chi connectivity index (χ1) is 8.70. The maximum absolute atomic E-state index is 11.3. The molecule has 102 valence electrons. The lowest BCUT2D eigenvalue weighted by molar-refractivity contribution is -0.184. The Balaban J connectivity index is 1.59. The fourth-order valence-electron chi connectivity index (χ4n) is 3.42. The van der Waals surface area contributed by atoms with Crippen LogP contribution < -0.4 is 0 Å². The van der Waals surface area contributed by atoms with Gasteiger partial charge < -0.3 is 9.84 Å². The molecule has 0 aliphatic carbocycles. The summed E-state index contributed by atoms with van der Waals surface area (Å²) in [5.41, 5.74) is -0.628. The zero-order chi connectivity index (χ0) is 12.6. The SMILES string of the molecule is O=C(O)C1(CN2CCN3CCCCC3C2)COC1. The minimum absolute atomic E-state index is 0.382. The van der Waals surface area contributed by atoms with Crippen molar-refractivity contribution >= 4 is 5.97 Å². The topological polar surface area (TPSA) is 53.0 Å². The molecule has 1 atom stereocenters. The molecule has 0 spiro atoms. The highest BCUT2D eigenvalue weighted by Gasteiger charge is 2.48. The van der Waals surface area contributed by atoms with Crippen molar-refractivity contribution in [1.29, 1.82) is 0 Å². The molecule has 3 aliphatic heterocycles. The smallest absolute Gasteiger partial charge is 0.315 e. The van der Waals surface area contributed by atoms with Gasteiger partial charge in [-0.15, -0.1) is 0 Å². The van der Waals surface area contributed by atoms with Gasteiger partial charge in [0.05, 0.1) is 13.2 Å². The highest BCUT2D eigenvalue weighted by Crippen LogP contribution is 2.30. The Bertz CT molecular complexity index is 330. The number of nitrogens with zero attached hydrogens (tertiary/aromatic N) is 2. The molecule has 3 heterocycles. The van der Waals surface area contributed by atoms with Crippen LogP contribution >= 0.6 is 0 Å². The third-order valence-corrected chi connectivity index (χ3v) is 4.66. The molecule has 1 unspecified atom stereocenters. The molecule has 0 radical (unpaired) electrons. The number of piperazine rings is 1. The Morgan fingerprint density at radius 1 is 1.28 bits per heavy atom. The Hall–Kier alpha value is -0.650. The molecule has 3 fully saturated rings. The Labute approximate surface area is 108 Å². The molecule has 0 aromatic carbocycles. The average molecular weight is 254 g/mol. The lowest BCUT2D eigenvalue weighted by Gasteiger charge is -2.47. The van der Waals surface area contributed by atoms with Crippen LogP contribution in [0, 0.1) is 5.41 Å². The Kier molecular flexibility index (Phi) is 3.30. The van der Waals surface area contributed by atoms with Gasteiger partial charge in [-0.25, -0.2) is 0 Å². The largest absolute Gasteiger partial charge is 0.481 e. The van der Waals surface area contributed by atoms with Crippen molar-refractivity contribution in [2.75, 3.05) is 45.9 Å². The fraction of sp³-hybridized carbons (Fsp3) is 0.923. The quantitative estimate of drug-likeness (QED) is 0.783. The van der Waals surface area contributed by atoms with Gasteiger partial charge in [0.1, 0.15) is 5.41 Å². The van der Waals surface area contributed by atoms with Crippen LogP contribution in [0.5, 0.6) is 0 Å². The molecule has 5 heteroatoms. The highest BCUT2D eigenvalue weighted by atomic mass is 16.5. The molecule has 18 heavy (non-hydrogen) atoms. The van der Waals surface area contributed by atoms with Crippen LogP contribution in [0.15, 0.2) is 0 Å². The number of aliphatic carboxylic acids is 1. The second-order valence-electron chi connectivity index (χ2n) is 6.00. The summed E-state index contributed by atoms with van der Waals surface area (Å²) < 4.78 is 5.13. The molecule has 3 aliphatic rings. The minimum atomic E-state index is -0.695. The molecule has 0 bridgehead atoms. The predicted octanol–water partition coefficient (Wildman–Crippen LogP) is 0.258. The van der Waals surface area contributed by atoms with Gasteiger partial charge in [-0.05, 0) is 19.4 Å². The third kappa shape index (κ3) is 2.15. The van der Waals surface area contributed by atoms with E-state index in [0.29, 0.717) is 25.8 Å². The number of rotatable bonds is 3. The number of carboxylic acid groups (broad SMARTS) is 1. The van der Waals surface area contributed by atoms with Crippen LogP contribution in [0.2, 0.25) is 0 Å². The molecule has 0 aromatic rings. The first-order valence-electron chi connectivity index (χ1n) is 6.97. The molecule has 0 amide bonds. The standard InChI is InChI=1S/C13H22N2O3/c16-12(17)13(9-18-10-13)8-14-5-6-15-4-2-1-3-11(15)7-14/h11H,1-10H2,(H,16,17). The van der Waals surface area contributed by atoms with Crippen LogP contribution in [-0.2, 0) is 9.53 Å². The van der Waals surface area contributed by atoms with E-state index in [9.17, 15) is 9.90 Å². The molecule has 0 aromatic heterocycles. The van der Waals surface area contributed by atoms with Crippen molar-refractivity contribution in [3.05, 3.63) is 0 Å². The number of carbonyl (C=O) groups is 1. The van der Waals surface area contributed by atoms with E-state index < -0.39 is 11.4 Å². The van der Waals surface area contributed by atoms with Crippen LogP contribution in [-0.4, -0.2) is 72.9 Å². The van der Waals surface area contributed by atoms with Gasteiger partial charge in [0.2, 0.25) is 0 Å². The van der Waals surface area contributed by atoms with E-state index in [2.05, 4.69) is 9.80 Å². The summed E-state index contributed by atoms with van der Waals surface area (Å²) in [7, 11) is 0. The highest BCUT2D eigenvalue weighted by molar-refractivity contribution is 5.76. The van der Waals surface area contributed by atoms with Gasteiger partial charge in [0.15, 0.2) is 0 Å². The predicted molar refractivity (Wildman–Crippen MR) is 66.5 cm³/mol. The number of fused-ring (bicyclic) bond motifs is 1. The maximum Gasteiger partial charge on any atom is 0.315 e. The second kappa shape index (κ2) is 4.79. The minimum Gasteiger partial charge on any atom is -0.481 e. The third-order valence-electron chi connectivity index (χ3n) is 4.66. The van der Waals surface area contributed by atoms with Gasteiger partial charge in [0, 0.05) is 32.2 Å². The summed E-state index contributed by atoms with van der Waals surface area (Å²) >= 11 is 0. The number of hydrogen-bond acceptors (Lipinski definition) is 4. The lowest BCUT2D eigenvalue weighted by atomic mass is 9.85. The summed E-state index contributed by atoms with van der Waals surface area (Å²) in [4.78, 5) is 16.3. The monoisotopic (exact) mass is 254 g/mol. The number of piperidine rings is 1. The molecule has 5 nitrogen and oxygen atoms in total. The van der Waals surface area contributed by atoms with E-state index >= 15 is 0 Å². The van der Waals surface area contributed by atoms with Crippen molar-refractivity contribution in [3.63, 3.8) is 0 Å². The molecule has 0 saturated carbocycles. The first-order valence-corrected chi connectivity index (χ1v) is 6.97. The normalized spacial score (nSPS) is 32.6. The van der Waals surface area contributed by atoms with E-state index in [1.807, 2.05) is 0 Å². The van der Waals surface area contributed by atoms with Gasteiger partial charge in [-0.2, -0.15) is 0 Å². The van der Waals surface area contributed by atoms with Crippen LogP contribution in [0.4, 0.5) is 0 Å². The van der Waals surface area contributed by atoms with Gasteiger partial charge in [-0.3, -0.25) is 14.6 Å². The number of hydrogen-bond donors (Lipinski definition) is 1. The molecule has 3 saturated heterocycles. The zero-order valence-electron chi connectivity index (χ0n) is 10.8. The molecule has 1 N–H and O–H groups in total. The van der Waals surface area contributed by atoms with Crippen molar-refractivity contribution in [2.45, 2.75) is 25.3 Å². The van der Waals surface area contributed by atoms with Gasteiger partial charge >= 0.3 is 5.97 Å². The average Bonchev–Trinajstić information content (AvgIpc) is 2.33. The van der Waals surface area contributed by atoms with Crippen LogP contribution in [0.25, 0.3) is 0 Å². The maximum atomic E-state index is 11.3. The summed E-state index contributed by atoms with van der Waals surface area (Å²) in [6.45, 7) is 5.79. The van der Waals surface area contributed by atoms with Gasteiger partial charge in [0.25, 0.3) is 0 Å².